The van der Waals surface area contributed by atoms with E-state index < -0.39 is 12.0 Å². The van der Waals surface area contributed by atoms with E-state index in [0.29, 0.717) is 25.3 Å². The molecule has 7 heteroatoms. The third kappa shape index (κ3) is 3.98. The van der Waals surface area contributed by atoms with Crippen LogP contribution >= 0.6 is 15.9 Å². The molecule has 1 N–H and O–H groups in total. The van der Waals surface area contributed by atoms with Crippen molar-refractivity contribution in [3.05, 3.63) is 28.2 Å². The monoisotopic (exact) mass is 371 g/mol. The second kappa shape index (κ2) is 7.60. The van der Waals surface area contributed by atoms with Gasteiger partial charge in [0.2, 0.25) is 5.91 Å². The van der Waals surface area contributed by atoms with Crippen LogP contribution in [0.15, 0.2) is 22.7 Å². The summed E-state index contributed by atoms with van der Waals surface area (Å²) in [5.41, 5.74) is 0.908. The number of hydrogen-bond acceptors (Lipinski definition) is 4. The van der Waals surface area contributed by atoms with Crippen molar-refractivity contribution in [1.29, 1.82) is 0 Å². The summed E-state index contributed by atoms with van der Waals surface area (Å²) >= 11 is 3.39. The SMILES string of the molecule is COc1ccc(Br)cc1CCC(=O)N1CCOC[C@H]1C(=O)O. The summed E-state index contributed by atoms with van der Waals surface area (Å²) in [4.78, 5) is 24.9. The molecule has 0 radical (unpaired) electrons. The van der Waals surface area contributed by atoms with Crippen molar-refractivity contribution in [2.75, 3.05) is 26.9 Å². The molecule has 1 aliphatic rings. The first-order valence-electron chi connectivity index (χ1n) is 6.95. The summed E-state index contributed by atoms with van der Waals surface area (Å²) in [6.07, 6.45) is 0.724. The minimum absolute atomic E-state index is 0.0429. The van der Waals surface area contributed by atoms with E-state index in [1.807, 2.05) is 18.2 Å². The molecule has 0 aromatic heterocycles. The Balaban J connectivity index is 2.03. The minimum atomic E-state index is -1.03. The molecule has 1 fully saturated rings. The van der Waals surface area contributed by atoms with Gasteiger partial charge in [-0.15, -0.1) is 0 Å². The molecular weight excluding hydrogens is 354 g/mol. The fourth-order valence-corrected chi connectivity index (χ4v) is 2.84. The van der Waals surface area contributed by atoms with E-state index in [-0.39, 0.29) is 18.9 Å². The molecule has 1 aromatic carbocycles. The third-order valence-electron chi connectivity index (χ3n) is 3.58. The van der Waals surface area contributed by atoms with Gasteiger partial charge in [-0.25, -0.2) is 4.79 Å². The number of methoxy groups -OCH3 is 1. The Bertz CT molecular complexity index is 563. The van der Waals surface area contributed by atoms with Crippen molar-refractivity contribution in [3.8, 4) is 5.75 Å². The van der Waals surface area contributed by atoms with Gasteiger partial charge in [0.25, 0.3) is 0 Å². The van der Waals surface area contributed by atoms with E-state index in [1.54, 1.807) is 7.11 Å². The number of halogens is 1. The van der Waals surface area contributed by atoms with Crippen molar-refractivity contribution >= 4 is 27.8 Å². The number of amides is 1. The van der Waals surface area contributed by atoms with Crippen LogP contribution < -0.4 is 4.74 Å². The number of rotatable bonds is 5. The lowest BCUT2D eigenvalue weighted by Gasteiger charge is -2.33. The largest absolute Gasteiger partial charge is 0.496 e. The molecule has 0 unspecified atom stereocenters. The number of carbonyl (C=O) groups excluding carboxylic acids is 1. The van der Waals surface area contributed by atoms with Gasteiger partial charge in [-0.3, -0.25) is 4.79 Å². The third-order valence-corrected chi connectivity index (χ3v) is 4.08. The molecule has 0 bridgehead atoms. The molecule has 1 saturated heterocycles. The van der Waals surface area contributed by atoms with Crippen LogP contribution in [-0.2, 0) is 20.7 Å². The number of morpholine rings is 1. The molecular formula is C15H18BrNO5. The van der Waals surface area contributed by atoms with E-state index in [4.69, 9.17) is 14.6 Å². The van der Waals surface area contributed by atoms with Crippen molar-refractivity contribution < 1.29 is 24.2 Å². The maximum atomic E-state index is 12.3. The summed E-state index contributed by atoms with van der Waals surface area (Å²) in [7, 11) is 1.58. The zero-order valence-electron chi connectivity index (χ0n) is 12.3. The number of aliphatic carboxylic acids is 1. The summed E-state index contributed by atoms with van der Waals surface area (Å²) in [6, 6.07) is 4.71. The topological polar surface area (TPSA) is 76.1 Å². The van der Waals surface area contributed by atoms with E-state index in [9.17, 15) is 9.59 Å². The number of carboxylic acid groups (broad SMARTS) is 1. The normalized spacial score (nSPS) is 18.1. The Kier molecular flexibility index (Phi) is 5.79. The Morgan fingerprint density at radius 2 is 2.27 bits per heavy atom. The standard InChI is InChI=1S/C15H18BrNO5/c1-21-13-4-3-11(16)8-10(13)2-5-14(18)17-6-7-22-9-12(17)15(19)20/h3-4,8,12H,2,5-7,9H2,1H3,(H,19,20)/t12-/m0/s1. The van der Waals surface area contributed by atoms with Crippen LogP contribution in [0.5, 0.6) is 5.75 Å². The van der Waals surface area contributed by atoms with Gasteiger partial charge in [0.1, 0.15) is 5.75 Å². The van der Waals surface area contributed by atoms with Crippen LogP contribution in [0.25, 0.3) is 0 Å². The van der Waals surface area contributed by atoms with Gasteiger partial charge < -0.3 is 19.5 Å². The van der Waals surface area contributed by atoms with Crippen molar-refractivity contribution in [2.24, 2.45) is 0 Å². The van der Waals surface area contributed by atoms with E-state index in [1.165, 1.54) is 4.90 Å². The van der Waals surface area contributed by atoms with Gasteiger partial charge in [0.15, 0.2) is 6.04 Å². The number of ether oxygens (including phenoxy) is 2. The second-order valence-corrected chi connectivity index (χ2v) is 5.89. The number of carboxylic acids is 1. The number of nitrogens with zero attached hydrogens (tertiary/aromatic N) is 1. The van der Waals surface area contributed by atoms with Crippen LogP contribution in [0.1, 0.15) is 12.0 Å². The maximum Gasteiger partial charge on any atom is 0.328 e. The smallest absolute Gasteiger partial charge is 0.328 e. The van der Waals surface area contributed by atoms with Crippen molar-refractivity contribution in [2.45, 2.75) is 18.9 Å². The first-order chi connectivity index (χ1) is 10.5. The number of hydrogen-bond donors (Lipinski definition) is 1. The van der Waals surface area contributed by atoms with Crippen LogP contribution in [0.4, 0.5) is 0 Å². The molecule has 6 nitrogen and oxygen atoms in total. The summed E-state index contributed by atoms with van der Waals surface area (Å²) in [6.45, 7) is 0.725. The molecule has 0 saturated carbocycles. The molecule has 1 aromatic rings. The molecule has 22 heavy (non-hydrogen) atoms. The second-order valence-electron chi connectivity index (χ2n) is 4.97. The average Bonchev–Trinajstić information content (AvgIpc) is 2.52. The lowest BCUT2D eigenvalue weighted by molar-refractivity contribution is -0.158. The van der Waals surface area contributed by atoms with Gasteiger partial charge in [0, 0.05) is 17.4 Å². The molecule has 120 valence electrons. The average molecular weight is 372 g/mol. The highest BCUT2D eigenvalue weighted by molar-refractivity contribution is 9.10. The molecule has 0 aliphatic carbocycles. The highest BCUT2D eigenvalue weighted by Gasteiger charge is 2.32. The van der Waals surface area contributed by atoms with E-state index >= 15 is 0 Å². The molecule has 0 spiro atoms. The number of carbonyl (C=O) groups is 2. The van der Waals surface area contributed by atoms with Crippen LogP contribution in [0, 0.1) is 0 Å². The molecule has 2 rings (SSSR count). The number of aryl methyl sites for hydroxylation is 1. The van der Waals surface area contributed by atoms with Crippen LogP contribution in [-0.4, -0.2) is 54.8 Å². The molecule has 1 amide bonds. The zero-order valence-corrected chi connectivity index (χ0v) is 13.8. The Morgan fingerprint density at radius 3 is 2.95 bits per heavy atom. The first kappa shape index (κ1) is 16.8. The van der Waals surface area contributed by atoms with Crippen molar-refractivity contribution in [3.63, 3.8) is 0 Å². The fraction of sp³-hybridized carbons (Fsp3) is 0.467. The number of benzene rings is 1. The molecule has 1 heterocycles. The highest BCUT2D eigenvalue weighted by atomic mass is 79.9. The van der Waals surface area contributed by atoms with Crippen LogP contribution in [0.2, 0.25) is 0 Å². The van der Waals surface area contributed by atoms with Crippen LogP contribution in [0.3, 0.4) is 0 Å². The maximum absolute atomic E-state index is 12.3. The summed E-state index contributed by atoms with van der Waals surface area (Å²) in [5.74, 6) is -0.501. The molecule has 1 aliphatic heterocycles. The Labute approximate surface area is 137 Å². The van der Waals surface area contributed by atoms with Gasteiger partial charge >= 0.3 is 5.97 Å². The van der Waals surface area contributed by atoms with Gasteiger partial charge in [-0.1, -0.05) is 15.9 Å². The lowest BCUT2D eigenvalue weighted by atomic mass is 10.1. The van der Waals surface area contributed by atoms with Gasteiger partial charge in [-0.05, 0) is 30.2 Å². The predicted molar refractivity (Wildman–Crippen MR) is 83.0 cm³/mol. The summed E-state index contributed by atoms with van der Waals surface area (Å²) < 4.78 is 11.3. The first-order valence-corrected chi connectivity index (χ1v) is 7.74. The quantitative estimate of drug-likeness (QED) is 0.852. The molecule has 1 atom stereocenters. The fourth-order valence-electron chi connectivity index (χ4n) is 2.43. The highest BCUT2D eigenvalue weighted by Crippen LogP contribution is 2.24. The zero-order chi connectivity index (χ0) is 16.1. The minimum Gasteiger partial charge on any atom is -0.496 e. The Morgan fingerprint density at radius 1 is 1.50 bits per heavy atom. The summed E-state index contributed by atoms with van der Waals surface area (Å²) in [5, 5.41) is 9.16. The predicted octanol–water partition coefficient (Wildman–Crippen LogP) is 1.70. The van der Waals surface area contributed by atoms with E-state index in [2.05, 4.69) is 15.9 Å². The van der Waals surface area contributed by atoms with Crippen molar-refractivity contribution in [1.82, 2.24) is 4.90 Å². The Hall–Kier alpha value is -1.60. The van der Waals surface area contributed by atoms with E-state index in [0.717, 1.165) is 10.0 Å². The van der Waals surface area contributed by atoms with Gasteiger partial charge in [0.05, 0.1) is 20.3 Å². The lowest BCUT2D eigenvalue weighted by Crippen LogP contribution is -2.52. The van der Waals surface area contributed by atoms with Gasteiger partial charge in [-0.2, -0.15) is 0 Å².